The van der Waals surface area contributed by atoms with Crippen LogP contribution in [-0.4, -0.2) is 22.0 Å². The van der Waals surface area contributed by atoms with Crippen LogP contribution in [0.4, 0.5) is 11.4 Å². The van der Waals surface area contributed by atoms with Gasteiger partial charge in [0.2, 0.25) is 0 Å². The van der Waals surface area contributed by atoms with Crippen molar-refractivity contribution in [2.24, 2.45) is 0 Å². The van der Waals surface area contributed by atoms with Crippen molar-refractivity contribution in [2.45, 2.75) is 11.3 Å². The van der Waals surface area contributed by atoms with E-state index < -0.39 is 10.0 Å². The lowest BCUT2D eigenvalue weighted by atomic mass is 10.1. The van der Waals surface area contributed by atoms with Crippen molar-refractivity contribution in [2.75, 3.05) is 23.2 Å². The summed E-state index contributed by atoms with van der Waals surface area (Å²) < 4.78 is 27.1. The molecule has 0 fully saturated rings. The maximum atomic E-state index is 12.3. The van der Waals surface area contributed by atoms with E-state index in [0.717, 1.165) is 18.7 Å². The summed E-state index contributed by atoms with van der Waals surface area (Å²) in [5.41, 5.74) is 2.95. The van der Waals surface area contributed by atoms with E-state index in [1.807, 2.05) is 25.2 Å². The molecule has 0 aliphatic carbocycles. The van der Waals surface area contributed by atoms with Crippen LogP contribution in [0.15, 0.2) is 53.4 Å². The van der Waals surface area contributed by atoms with Gasteiger partial charge in [-0.2, -0.15) is 0 Å². The molecule has 2 aromatic carbocycles. The highest BCUT2D eigenvalue weighted by Gasteiger charge is 2.18. The lowest BCUT2D eigenvalue weighted by molar-refractivity contribution is 0.601. The number of fused-ring (bicyclic) bond motifs is 1. The quantitative estimate of drug-likeness (QED) is 0.944. The van der Waals surface area contributed by atoms with Crippen molar-refractivity contribution < 1.29 is 8.42 Å². The second-order valence-corrected chi connectivity index (χ2v) is 6.62. The summed E-state index contributed by atoms with van der Waals surface area (Å²) in [4.78, 5) is 2.41. The van der Waals surface area contributed by atoms with Gasteiger partial charge in [-0.05, 0) is 36.2 Å². The number of sulfonamides is 1. The van der Waals surface area contributed by atoms with Crippen molar-refractivity contribution in [3.8, 4) is 0 Å². The predicted molar refractivity (Wildman–Crippen MR) is 80.7 cm³/mol. The highest BCUT2D eigenvalue weighted by atomic mass is 32.2. The number of anilines is 2. The second-order valence-electron chi connectivity index (χ2n) is 4.93. The molecule has 1 aliphatic heterocycles. The minimum Gasteiger partial charge on any atom is -0.374 e. The summed E-state index contributed by atoms with van der Waals surface area (Å²) in [5.74, 6) is 0. The lowest BCUT2D eigenvalue weighted by Gasteiger charge is -2.14. The molecule has 1 heterocycles. The molecule has 2 aromatic rings. The first kappa shape index (κ1) is 13.0. The van der Waals surface area contributed by atoms with E-state index in [1.54, 1.807) is 30.3 Å². The molecule has 0 unspecified atom stereocenters. The smallest absolute Gasteiger partial charge is 0.261 e. The van der Waals surface area contributed by atoms with Crippen LogP contribution in [-0.2, 0) is 16.4 Å². The van der Waals surface area contributed by atoms with E-state index in [0.29, 0.717) is 5.69 Å². The molecule has 0 radical (unpaired) electrons. The zero-order valence-electron chi connectivity index (χ0n) is 11.2. The Morgan fingerprint density at radius 1 is 1.10 bits per heavy atom. The maximum Gasteiger partial charge on any atom is 0.261 e. The molecule has 0 saturated carbocycles. The monoisotopic (exact) mass is 288 g/mol. The third-order valence-corrected chi connectivity index (χ3v) is 4.92. The van der Waals surface area contributed by atoms with Gasteiger partial charge in [0.15, 0.2) is 0 Å². The molecule has 1 N–H and O–H groups in total. The Morgan fingerprint density at radius 3 is 2.60 bits per heavy atom. The highest BCUT2D eigenvalue weighted by molar-refractivity contribution is 7.92. The van der Waals surface area contributed by atoms with Gasteiger partial charge in [-0.1, -0.05) is 24.3 Å². The summed E-state index contributed by atoms with van der Waals surface area (Å²) in [7, 11) is -1.50. The number of benzene rings is 2. The van der Waals surface area contributed by atoms with E-state index in [1.165, 1.54) is 5.56 Å². The average Bonchev–Trinajstić information content (AvgIpc) is 2.81. The van der Waals surface area contributed by atoms with E-state index in [2.05, 4.69) is 9.62 Å². The molecule has 0 spiro atoms. The fraction of sp³-hybridized carbons (Fsp3) is 0.200. The molecule has 0 amide bonds. The fourth-order valence-corrected chi connectivity index (χ4v) is 3.49. The number of hydrogen-bond donors (Lipinski definition) is 1. The van der Waals surface area contributed by atoms with E-state index in [-0.39, 0.29) is 4.90 Å². The first-order valence-electron chi connectivity index (χ1n) is 6.48. The topological polar surface area (TPSA) is 49.4 Å². The standard InChI is InChI=1S/C15H16N2O2S/c1-17-10-9-12-7-8-13(11-15(12)17)16-20(18,19)14-5-3-2-4-6-14/h2-8,11,16H,9-10H2,1H3. The molecule has 4 nitrogen and oxygen atoms in total. The van der Waals surface area contributed by atoms with Crippen LogP contribution < -0.4 is 9.62 Å². The fourth-order valence-electron chi connectivity index (χ4n) is 2.42. The minimum absolute atomic E-state index is 0.272. The number of rotatable bonds is 3. The first-order chi connectivity index (χ1) is 9.56. The summed E-state index contributed by atoms with van der Waals surface area (Å²) in [6.07, 6.45) is 1.01. The van der Waals surface area contributed by atoms with Crippen LogP contribution >= 0.6 is 0 Å². The zero-order chi connectivity index (χ0) is 14.2. The van der Waals surface area contributed by atoms with Crippen molar-refractivity contribution in [1.29, 1.82) is 0 Å². The van der Waals surface area contributed by atoms with Gasteiger partial charge in [0, 0.05) is 19.3 Å². The summed E-state index contributed by atoms with van der Waals surface area (Å²) in [6.45, 7) is 0.976. The van der Waals surface area contributed by atoms with Crippen molar-refractivity contribution in [1.82, 2.24) is 0 Å². The Balaban J connectivity index is 1.91. The van der Waals surface area contributed by atoms with Crippen LogP contribution in [0.25, 0.3) is 0 Å². The van der Waals surface area contributed by atoms with Crippen molar-refractivity contribution in [3.63, 3.8) is 0 Å². The van der Waals surface area contributed by atoms with E-state index in [9.17, 15) is 8.42 Å². The molecule has 104 valence electrons. The molecule has 0 bridgehead atoms. The van der Waals surface area contributed by atoms with Gasteiger partial charge in [-0.15, -0.1) is 0 Å². The molecule has 5 heteroatoms. The van der Waals surface area contributed by atoms with Gasteiger partial charge >= 0.3 is 0 Å². The summed E-state index contributed by atoms with van der Waals surface area (Å²) in [5, 5.41) is 0. The molecular weight excluding hydrogens is 272 g/mol. The molecule has 0 aromatic heterocycles. The SMILES string of the molecule is CN1CCc2ccc(NS(=O)(=O)c3ccccc3)cc21. The second kappa shape index (κ2) is 4.83. The molecule has 1 aliphatic rings. The molecule has 0 atom stereocenters. The van der Waals surface area contributed by atoms with E-state index >= 15 is 0 Å². The number of hydrogen-bond acceptors (Lipinski definition) is 3. The van der Waals surface area contributed by atoms with Gasteiger partial charge in [0.05, 0.1) is 10.6 Å². The van der Waals surface area contributed by atoms with Crippen LogP contribution in [0.3, 0.4) is 0 Å². The normalized spacial score (nSPS) is 14.2. The Bertz CT molecular complexity index is 727. The number of nitrogens with zero attached hydrogens (tertiary/aromatic N) is 1. The third kappa shape index (κ3) is 2.36. The average molecular weight is 288 g/mol. The van der Waals surface area contributed by atoms with Crippen LogP contribution in [0.1, 0.15) is 5.56 Å². The van der Waals surface area contributed by atoms with Gasteiger partial charge in [0.25, 0.3) is 10.0 Å². The number of nitrogens with one attached hydrogen (secondary N) is 1. The Hall–Kier alpha value is -2.01. The van der Waals surface area contributed by atoms with Crippen LogP contribution in [0, 0.1) is 0 Å². The van der Waals surface area contributed by atoms with Crippen LogP contribution in [0.5, 0.6) is 0 Å². The number of likely N-dealkylation sites (N-methyl/N-ethyl adjacent to an activating group) is 1. The van der Waals surface area contributed by atoms with E-state index in [4.69, 9.17) is 0 Å². The van der Waals surface area contributed by atoms with Gasteiger partial charge in [-0.25, -0.2) is 8.42 Å². The Kier molecular flexibility index (Phi) is 3.14. The molecule has 20 heavy (non-hydrogen) atoms. The predicted octanol–water partition coefficient (Wildman–Crippen LogP) is 2.48. The zero-order valence-corrected chi connectivity index (χ0v) is 12.0. The largest absolute Gasteiger partial charge is 0.374 e. The van der Waals surface area contributed by atoms with Gasteiger partial charge < -0.3 is 4.90 Å². The van der Waals surface area contributed by atoms with Gasteiger partial charge in [-0.3, -0.25) is 4.72 Å². The Labute approximate surface area is 119 Å². The summed E-state index contributed by atoms with van der Waals surface area (Å²) >= 11 is 0. The highest BCUT2D eigenvalue weighted by Crippen LogP contribution is 2.30. The van der Waals surface area contributed by atoms with Crippen molar-refractivity contribution in [3.05, 3.63) is 54.1 Å². The Morgan fingerprint density at radius 2 is 1.85 bits per heavy atom. The summed E-state index contributed by atoms with van der Waals surface area (Å²) in [6, 6.07) is 14.1. The van der Waals surface area contributed by atoms with Gasteiger partial charge in [0.1, 0.15) is 0 Å². The lowest BCUT2D eigenvalue weighted by Crippen LogP contribution is -2.14. The molecular formula is C15H16N2O2S. The van der Waals surface area contributed by atoms with Crippen LogP contribution in [0.2, 0.25) is 0 Å². The minimum atomic E-state index is -3.52. The molecule has 3 rings (SSSR count). The molecule has 0 saturated heterocycles. The van der Waals surface area contributed by atoms with Crippen molar-refractivity contribution >= 4 is 21.4 Å². The first-order valence-corrected chi connectivity index (χ1v) is 7.96. The maximum absolute atomic E-state index is 12.3. The third-order valence-electron chi connectivity index (χ3n) is 3.52.